The van der Waals surface area contributed by atoms with E-state index in [0.29, 0.717) is 25.8 Å². The Kier molecular flexibility index (Phi) is 4.14. The number of aliphatic carboxylic acids is 1. The predicted molar refractivity (Wildman–Crippen MR) is 91.7 cm³/mol. The van der Waals surface area contributed by atoms with Crippen LogP contribution in [-0.2, 0) is 11.3 Å². The molecule has 0 atom stereocenters. The van der Waals surface area contributed by atoms with Crippen molar-refractivity contribution >= 4 is 50.7 Å². The second kappa shape index (κ2) is 5.96. The molecule has 118 valence electrons. The first-order chi connectivity index (χ1) is 10.9. The molecule has 0 aliphatic carbocycles. The summed E-state index contributed by atoms with van der Waals surface area (Å²) in [5, 5.41) is 10.1. The molecule has 0 spiro atoms. The summed E-state index contributed by atoms with van der Waals surface area (Å²) < 4.78 is 1.08. The number of hydrogen-bond acceptors (Lipinski definition) is 4. The maximum Gasteiger partial charge on any atom is 0.323 e. The SMILES string of the molecule is Cc1sc2ncn(CC(=O)O)c(=O)c2c1-c1ccc(Cl)c(Cl)c1. The van der Waals surface area contributed by atoms with Gasteiger partial charge < -0.3 is 5.11 Å². The van der Waals surface area contributed by atoms with E-state index in [1.807, 2.05) is 6.92 Å². The second-order valence-electron chi connectivity index (χ2n) is 4.91. The summed E-state index contributed by atoms with van der Waals surface area (Å²) in [6.07, 6.45) is 1.26. The zero-order valence-electron chi connectivity index (χ0n) is 11.8. The number of carbonyl (C=O) groups is 1. The van der Waals surface area contributed by atoms with E-state index in [1.54, 1.807) is 18.2 Å². The van der Waals surface area contributed by atoms with E-state index in [-0.39, 0.29) is 5.56 Å². The normalized spacial score (nSPS) is 11.1. The fourth-order valence-electron chi connectivity index (χ4n) is 2.40. The van der Waals surface area contributed by atoms with Crippen molar-refractivity contribution in [1.29, 1.82) is 0 Å². The Labute approximate surface area is 144 Å². The number of nitrogens with zero attached hydrogens (tertiary/aromatic N) is 2. The number of halogens is 2. The first-order valence-electron chi connectivity index (χ1n) is 6.54. The van der Waals surface area contributed by atoms with Crippen molar-refractivity contribution < 1.29 is 9.90 Å². The third-order valence-electron chi connectivity index (χ3n) is 3.37. The summed E-state index contributed by atoms with van der Waals surface area (Å²) in [5.41, 5.74) is 1.07. The molecule has 0 fully saturated rings. The summed E-state index contributed by atoms with van der Waals surface area (Å²) >= 11 is 13.4. The highest BCUT2D eigenvalue weighted by molar-refractivity contribution is 7.19. The molecule has 8 heteroatoms. The number of hydrogen-bond donors (Lipinski definition) is 1. The quantitative estimate of drug-likeness (QED) is 0.762. The van der Waals surface area contributed by atoms with Crippen LogP contribution in [0.5, 0.6) is 0 Å². The summed E-state index contributed by atoms with van der Waals surface area (Å²) in [6.45, 7) is 1.45. The molecule has 1 aromatic carbocycles. The molecule has 0 saturated carbocycles. The molecule has 0 radical (unpaired) electrons. The minimum absolute atomic E-state index is 0.386. The summed E-state index contributed by atoms with van der Waals surface area (Å²) in [4.78, 5) is 29.2. The van der Waals surface area contributed by atoms with Gasteiger partial charge in [0.25, 0.3) is 5.56 Å². The van der Waals surface area contributed by atoms with Gasteiger partial charge in [0, 0.05) is 10.4 Å². The van der Waals surface area contributed by atoms with Crippen molar-refractivity contribution in [2.24, 2.45) is 0 Å². The largest absolute Gasteiger partial charge is 0.480 e. The molecule has 0 amide bonds. The van der Waals surface area contributed by atoms with E-state index in [0.717, 1.165) is 15.0 Å². The summed E-state index contributed by atoms with van der Waals surface area (Å²) in [6, 6.07) is 5.12. The molecule has 3 rings (SSSR count). The third kappa shape index (κ3) is 2.85. The van der Waals surface area contributed by atoms with Crippen LogP contribution >= 0.6 is 34.5 Å². The number of thiophene rings is 1. The molecule has 5 nitrogen and oxygen atoms in total. The standard InChI is InChI=1S/C15H10Cl2N2O3S/c1-7-12(8-2-3-9(16)10(17)4-8)13-14(23-7)18-6-19(15(13)22)5-11(20)21/h2-4,6H,5H2,1H3,(H,20,21). The van der Waals surface area contributed by atoms with Crippen LogP contribution in [0.25, 0.3) is 21.3 Å². The Hall–Kier alpha value is -1.89. The smallest absolute Gasteiger partial charge is 0.323 e. The highest BCUT2D eigenvalue weighted by Gasteiger charge is 2.18. The molecule has 1 N–H and O–H groups in total. The van der Waals surface area contributed by atoms with Gasteiger partial charge in [-0.05, 0) is 24.6 Å². The van der Waals surface area contributed by atoms with Crippen LogP contribution < -0.4 is 5.56 Å². The van der Waals surface area contributed by atoms with E-state index < -0.39 is 12.5 Å². The van der Waals surface area contributed by atoms with E-state index >= 15 is 0 Å². The first-order valence-corrected chi connectivity index (χ1v) is 8.11. The van der Waals surface area contributed by atoms with E-state index in [1.165, 1.54) is 17.7 Å². The maximum absolute atomic E-state index is 12.6. The molecule has 23 heavy (non-hydrogen) atoms. The summed E-state index contributed by atoms with van der Waals surface area (Å²) in [5.74, 6) is -1.10. The van der Waals surface area contributed by atoms with Crippen molar-refractivity contribution in [3.05, 3.63) is 49.8 Å². The minimum atomic E-state index is -1.10. The van der Waals surface area contributed by atoms with Crippen LogP contribution in [0.2, 0.25) is 10.0 Å². The fraction of sp³-hybridized carbons (Fsp3) is 0.133. The fourth-order valence-corrected chi connectivity index (χ4v) is 3.70. The Morgan fingerprint density at radius 3 is 2.74 bits per heavy atom. The van der Waals surface area contributed by atoms with Gasteiger partial charge in [0.05, 0.1) is 21.8 Å². The van der Waals surface area contributed by atoms with Gasteiger partial charge in [-0.15, -0.1) is 11.3 Å². The Morgan fingerprint density at radius 1 is 1.35 bits per heavy atom. The zero-order valence-corrected chi connectivity index (χ0v) is 14.2. The first kappa shape index (κ1) is 16.0. The van der Waals surface area contributed by atoms with Crippen LogP contribution in [0.4, 0.5) is 0 Å². The van der Waals surface area contributed by atoms with Crippen molar-refractivity contribution in [3.8, 4) is 11.1 Å². The number of aryl methyl sites for hydroxylation is 1. The van der Waals surface area contributed by atoms with Gasteiger partial charge in [-0.3, -0.25) is 14.2 Å². The highest BCUT2D eigenvalue weighted by atomic mass is 35.5. The Morgan fingerprint density at radius 2 is 2.09 bits per heavy atom. The average molecular weight is 369 g/mol. The number of carboxylic acid groups (broad SMARTS) is 1. The van der Waals surface area contributed by atoms with Gasteiger partial charge in [-0.1, -0.05) is 29.3 Å². The van der Waals surface area contributed by atoms with Gasteiger partial charge in [0.15, 0.2) is 0 Å². The lowest BCUT2D eigenvalue weighted by molar-refractivity contribution is -0.137. The van der Waals surface area contributed by atoms with Crippen LogP contribution in [-0.4, -0.2) is 20.6 Å². The van der Waals surface area contributed by atoms with Crippen LogP contribution in [0.3, 0.4) is 0 Å². The zero-order chi connectivity index (χ0) is 16.7. The number of fused-ring (bicyclic) bond motifs is 1. The molecular weight excluding hydrogens is 359 g/mol. The third-order valence-corrected chi connectivity index (χ3v) is 5.12. The van der Waals surface area contributed by atoms with Gasteiger partial charge in [-0.2, -0.15) is 0 Å². The molecule has 2 heterocycles. The average Bonchev–Trinajstić information content (AvgIpc) is 2.82. The lowest BCUT2D eigenvalue weighted by atomic mass is 10.0. The van der Waals surface area contributed by atoms with Crippen LogP contribution in [0.1, 0.15) is 4.88 Å². The molecule has 0 unspecified atom stereocenters. The van der Waals surface area contributed by atoms with Crippen LogP contribution in [0.15, 0.2) is 29.3 Å². The molecule has 3 aromatic rings. The number of rotatable bonds is 3. The van der Waals surface area contributed by atoms with Gasteiger partial charge in [0.1, 0.15) is 11.4 Å². The molecular formula is C15H10Cl2N2O3S. The van der Waals surface area contributed by atoms with Crippen LogP contribution in [0, 0.1) is 6.92 Å². The van der Waals surface area contributed by atoms with Crippen molar-refractivity contribution in [1.82, 2.24) is 9.55 Å². The monoisotopic (exact) mass is 368 g/mol. The molecule has 0 saturated heterocycles. The summed E-state index contributed by atoms with van der Waals surface area (Å²) in [7, 11) is 0. The molecule has 0 aliphatic rings. The second-order valence-corrected chi connectivity index (χ2v) is 6.93. The number of aromatic nitrogens is 2. The van der Waals surface area contributed by atoms with Crippen molar-refractivity contribution in [2.75, 3.05) is 0 Å². The van der Waals surface area contributed by atoms with E-state index in [9.17, 15) is 9.59 Å². The molecule has 0 aliphatic heterocycles. The Bertz CT molecular complexity index is 994. The number of benzene rings is 1. The number of carboxylic acids is 1. The Balaban J connectivity index is 2.31. The van der Waals surface area contributed by atoms with Gasteiger partial charge >= 0.3 is 5.97 Å². The minimum Gasteiger partial charge on any atom is -0.480 e. The van der Waals surface area contributed by atoms with E-state index in [2.05, 4.69) is 4.98 Å². The van der Waals surface area contributed by atoms with E-state index in [4.69, 9.17) is 28.3 Å². The molecule has 0 bridgehead atoms. The maximum atomic E-state index is 12.6. The topological polar surface area (TPSA) is 72.2 Å². The van der Waals surface area contributed by atoms with Gasteiger partial charge in [-0.25, -0.2) is 4.98 Å². The van der Waals surface area contributed by atoms with Crippen molar-refractivity contribution in [3.63, 3.8) is 0 Å². The van der Waals surface area contributed by atoms with Gasteiger partial charge in [0.2, 0.25) is 0 Å². The highest BCUT2D eigenvalue weighted by Crippen LogP contribution is 2.37. The lowest BCUT2D eigenvalue weighted by Crippen LogP contribution is -2.24. The predicted octanol–water partition coefficient (Wildman–Crippen LogP) is 3.82. The molecule has 2 aromatic heterocycles. The van der Waals surface area contributed by atoms with Crippen molar-refractivity contribution in [2.45, 2.75) is 13.5 Å². The lowest BCUT2D eigenvalue weighted by Gasteiger charge is -2.05.